The molecule has 0 radical (unpaired) electrons. The summed E-state index contributed by atoms with van der Waals surface area (Å²) in [6.07, 6.45) is 3.45. The van der Waals surface area contributed by atoms with Crippen molar-refractivity contribution >= 4 is 11.6 Å². The van der Waals surface area contributed by atoms with Crippen molar-refractivity contribution in [1.82, 2.24) is 0 Å². The average Bonchev–Trinajstić information content (AvgIpc) is 2.24. The minimum Gasteiger partial charge on any atom is -0.294 e. The lowest BCUT2D eigenvalue weighted by atomic mass is 10.1. The molecule has 1 fully saturated rings. The van der Waals surface area contributed by atoms with Crippen LogP contribution in [0.25, 0.3) is 0 Å². The van der Waals surface area contributed by atoms with Gasteiger partial charge in [-0.1, -0.05) is 12.2 Å². The maximum absolute atomic E-state index is 11.1. The Kier molecular flexibility index (Phi) is 2.03. The van der Waals surface area contributed by atoms with Gasteiger partial charge in [-0.15, -0.1) is 0 Å². The molecular formula is C9H10O2. The maximum atomic E-state index is 11.1. The van der Waals surface area contributed by atoms with Gasteiger partial charge in [-0.3, -0.25) is 9.59 Å². The smallest absolute Gasteiger partial charge is 0.170 e. The monoisotopic (exact) mass is 150 g/mol. The molecule has 0 aromatic heterocycles. The lowest BCUT2D eigenvalue weighted by molar-refractivity contribution is -0.120. The van der Waals surface area contributed by atoms with E-state index in [1.54, 1.807) is 26.0 Å². The third kappa shape index (κ3) is 1.16. The van der Waals surface area contributed by atoms with Gasteiger partial charge in [0.05, 0.1) is 6.42 Å². The number of ketones is 2. The summed E-state index contributed by atoms with van der Waals surface area (Å²) in [5.74, 6) is -0.101. The first-order chi connectivity index (χ1) is 5.20. The number of carbonyl (C=O) groups excluding carboxylic acids is 2. The molecule has 2 heteroatoms. The number of hydrogen-bond acceptors (Lipinski definition) is 2. The molecule has 1 aliphatic rings. The second kappa shape index (κ2) is 2.82. The summed E-state index contributed by atoms with van der Waals surface area (Å²) in [4.78, 5) is 22.1. The number of hydrogen-bond donors (Lipinski definition) is 0. The zero-order valence-corrected chi connectivity index (χ0v) is 6.68. The number of rotatable bonds is 0. The molecule has 11 heavy (non-hydrogen) atoms. The Morgan fingerprint density at radius 2 is 1.36 bits per heavy atom. The molecule has 2 nitrogen and oxygen atoms in total. The third-order valence-electron chi connectivity index (χ3n) is 1.79. The fourth-order valence-corrected chi connectivity index (χ4v) is 1.27. The summed E-state index contributed by atoms with van der Waals surface area (Å²) in [6, 6.07) is 0. The van der Waals surface area contributed by atoms with Gasteiger partial charge in [-0.25, -0.2) is 0 Å². The van der Waals surface area contributed by atoms with Crippen molar-refractivity contribution in [3.63, 3.8) is 0 Å². The van der Waals surface area contributed by atoms with Crippen molar-refractivity contribution in [1.29, 1.82) is 0 Å². The summed E-state index contributed by atoms with van der Waals surface area (Å²) >= 11 is 0. The van der Waals surface area contributed by atoms with Crippen LogP contribution >= 0.6 is 0 Å². The predicted octanol–water partition coefficient (Wildman–Crippen LogP) is 1.42. The van der Waals surface area contributed by atoms with Gasteiger partial charge < -0.3 is 0 Å². The minimum atomic E-state index is -0.0504. The summed E-state index contributed by atoms with van der Waals surface area (Å²) in [7, 11) is 0. The van der Waals surface area contributed by atoms with Crippen LogP contribution in [0, 0.1) is 0 Å². The van der Waals surface area contributed by atoms with E-state index in [1.807, 2.05) is 0 Å². The van der Waals surface area contributed by atoms with Crippen molar-refractivity contribution in [3.05, 3.63) is 23.3 Å². The Balaban J connectivity index is 3.14. The van der Waals surface area contributed by atoms with Crippen molar-refractivity contribution in [2.24, 2.45) is 0 Å². The van der Waals surface area contributed by atoms with E-state index in [-0.39, 0.29) is 18.0 Å². The second-order valence-corrected chi connectivity index (χ2v) is 2.43. The fourth-order valence-electron chi connectivity index (χ4n) is 1.27. The topological polar surface area (TPSA) is 34.1 Å². The molecule has 1 aliphatic carbocycles. The SMILES string of the molecule is CC=C1C(=O)CC(=O)C1=CC. The van der Waals surface area contributed by atoms with Gasteiger partial charge in [0.2, 0.25) is 0 Å². The Morgan fingerprint density at radius 1 is 1.00 bits per heavy atom. The van der Waals surface area contributed by atoms with E-state index < -0.39 is 0 Å². The largest absolute Gasteiger partial charge is 0.294 e. The first kappa shape index (κ1) is 7.92. The molecule has 0 unspecified atom stereocenters. The van der Waals surface area contributed by atoms with Gasteiger partial charge in [-0.2, -0.15) is 0 Å². The molecule has 0 bridgehead atoms. The molecule has 0 aliphatic heterocycles. The minimum absolute atomic E-state index is 0.0504. The summed E-state index contributed by atoms with van der Waals surface area (Å²) in [5, 5.41) is 0. The molecule has 0 atom stereocenters. The van der Waals surface area contributed by atoms with Gasteiger partial charge in [0.1, 0.15) is 0 Å². The fraction of sp³-hybridized carbons (Fsp3) is 0.333. The van der Waals surface area contributed by atoms with E-state index in [9.17, 15) is 9.59 Å². The predicted molar refractivity (Wildman–Crippen MR) is 42.1 cm³/mol. The van der Waals surface area contributed by atoms with Crippen molar-refractivity contribution in [3.8, 4) is 0 Å². The highest BCUT2D eigenvalue weighted by Gasteiger charge is 2.28. The molecule has 0 amide bonds. The van der Waals surface area contributed by atoms with Gasteiger partial charge >= 0.3 is 0 Å². The standard InChI is InChI=1S/C9H10O2/c1-3-6-7(4-2)9(11)5-8(6)10/h3-4H,5H2,1-2H3. The highest BCUT2D eigenvalue weighted by atomic mass is 16.2. The van der Waals surface area contributed by atoms with E-state index in [2.05, 4.69) is 0 Å². The first-order valence-electron chi connectivity index (χ1n) is 3.60. The summed E-state index contributed by atoms with van der Waals surface area (Å²) < 4.78 is 0. The van der Waals surface area contributed by atoms with Gasteiger partial charge in [-0.05, 0) is 13.8 Å². The lowest BCUT2D eigenvalue weighted by Crippen LogP contribution is -1.91. The number of carbonyl (C=O) groups is 2. The molecule has 0 aromatic rings. The average molecular weight is 150 g/mol. The Labute approximate surface area is 65.6 Å². The van der Waals surface area contributed by atoms with Crippen molar-refractivity contribution in [2.45, 2.75) is 20.3 Å². The van der Waals surface area contributed by atoms with Crippen molar-refractivity contribution in [2.75, 3.05) is 0 Å². The van der Waals surface area contributed by atoms with E-state index in [4.69, 9.17) is 0 Å². The van der Waals surface area contributed by atoms with Crippen LogP contribution in [0.1, 0.15) is 20.3 Å². The molecule has 1 saturated carbocycles. The van der Waals surface area contributed by atoms with E-state index in [0.717, 1.165) is 0 Å². The normalized spacial score (nSPS) is 25.6. The van der Waals surface area contributed by atoms with Gasteiger partial charge in [0.25, 0.3) is 0 Å². The first-order valence-corrected chi connectivity index (χ1v) is 3.60. The summed E-state index contributed by atoms with van der Waals surface area (Å²) in [5.41, 5.74) is 1.16. The van der Waals surface area contributed by atoms with Crippen LogP contribution in [0.3, 0.4) is 0 Å². The Bertz CT molecular complexity index is 241. The Hall–Kier alpha value is -1.18. The highest BCUT2D eigenvalue weighted by Crippen LogP contribution is 2.23. The molecule has 0 saturated heterocycles. The molecule has 0 N–H and O–H groups in total. The van der Waals surface area contributed by atoms with Crippen LogP contribution in [-0.4, -0.2) is 11.6 Å². The zero-order chi connectivity index (χ0) is 8.43. The highest BCUT2D eigenvalue weighted by molar-refractivity contribution is 6.27. The zero-order valence-electron chi connectivity index (χ0n) is 6.68. The number of Topliss-reactive ketones (excluding diaryl/α,β-unsaturated/α-hetero) is 2. The van der Waals surface area contributed by atoms with E-state index in [1.165, 1.54) is 0 Å². The Morgan fingerprint density at radius 3 is 1.64 bits per heavy atom. The molecular weight excluding hydrogens is 140 g/mol. The van der Waals surface area contributed by atoms with Crippen molar-refractivity contribution < 1.29 is 9.59 Å². The van der Waals surface area contributed by atoms with E-state index in [0.29, 0.717) is 11.1 Å². The maximum Gasteiger partial charge on any atom is 0.170 e. The second-order valence-electron chi connectivity index (χ2n) is 2.43. The molecule has 0 aromatic carbocycles. The van der Waals surface area contributed by atoms with Crippen LogP contribution in [0.4, 0.5) is 0 Å². The van der Waals surface area contributed by atoms with Gasteiger partial charge in [0.15, 0.2) is 11.6 Å². The van der Waals surface area contributed by atoms with Gasteiger partial charge in [0, 0.05) is 11.1 Å². The molecule has 58 valence electrons. The number of allylic oxidation sites excluding steroid dienone is 4. The lowest BCUT2D eigenvalue weighted by Gasteiger charge is -1.92. The van der Waals surface area contributed by atoms with Crippen LogP contribution in [0.15, 0.2) is 23.3 Å². The van der Waals surface area contributed by atoms with Crippen LogP contribution in [0.2, 0.25) is 0 Å². The molecule has 0 heterocycles. The van der Waals surface area contributed by atoms with Crippen LogP contribution in [-0.2, 0) is 9.59 Å². The molecule has 1 rings (SSSR count). The summed E-state index contributed by atoms with van der Waals surface area (Å²) in [6.45, 7) is 3.55. The van der Waals surface area contributed by atoms with Crippen LogP contribution in [0.5, 0.6) is 0 Å². The van der Waals surface area contributed by atoms with Crippen LogP contribution < -0.4 is 0 Å². The molecule has 0 spiro atoms. The third-order valence-corrected chi connectivity index (χ3v) is 1.79. The van der Waals surface area contributed by atoms with E-state index >= 15 is 0 Å². The quantitative estimate of drug-likeness (QED) is 0.386.